The van der Waals surface area contributed by atoms with Gasteiger partial charge in [-0.3, -0.25) is 0 Å². The summed E-state index contributed by atoms with van der Waals surface area (Å²) in [5.74, 6) is 1.47. The van der Waals surface area contributed by atoms with E-state index in [1.165, 1.54) is 0 Å². The van der Waals surface area contributed by atoms with Gasteiger partial charge in [0.15, 0.2) is 0 Å². The third-order valence-electron chi connectivity index (χ3n) is 6.01. The molecule has 1 aromatic rings. The van der Waals surface area contributed by atoms with Crippen molar-refractivity contribution >= 4 is 39.0 Å². The Balaban J connectivity index is 1.53. The first kappa shape index (κ1) is 22.6. The highest BCUT2D eigenvalue weighted by Gasteiger charge is 2.35. The summed E-state index contributed by atoms with van der Waals surface area (Å²) in [6.45, 7) is -0.362. The normalized spacial score (nSPS) is 25.1. The van der Waals surface area contributed by atoms with Crippen LogP contribution in [0.2, 0.25) is 0 Å². The van der Waals surface area contributed by atoms with Crippen LogP contribution in [0.15, 0.2) is 57.4 Å². The summed E-state index contributed by atoms with van der Waals surface area (Å²) in [7, 11) is 1.95. The Hall–Kier alpha value is -2.62. The maximum atomic E-state index is 9.81. The van der Waals surface area contributed by atoms with Crippen LogP contribution < -0.4 is 11.1 Å². The molecule has 3 aliphatic rings. The van der Waals surface area contributed by atoms with Crippen molar-refractivity contribution in [2.75, 3.05) is 24.7 Å². The fourth-order valence-electron chi connectivity index (χ4n) is 4.20. The van der Waals surface area contributed by atoms with E-state index in [1.54, 1.807) is 12.1 Å². The van der Waals surface area contributed by atoms with Gasteiger partial charge in [-0.05, 0) is 65.9 Å². The molecule has 2 aliphatic carbocycles. The molecule has 1 aromatic carbocycles. The first-order valence-electron chi connectivity index (χ1n) is 10.7. The predicted molar refractivity (Wildman–Crippen MR) is 130 cm³/mol. The van der Waals surface area contributed by atoms with Crippen LogP contribution in [0.25, 0.3) is 0 Å². The minimum Gasteiger partial charge on any atom is -0.491 e. The Kier molecular flexibility index (Phi) is 6.68. The Morgan fingerprint density at radius 1 is 1.31 bits per heavy atom. The maximum absolute atomic E-state index is 9.81. The van der Waals surface area contributed by atoms with Crippen LogP contribution >= 0.6 is 15.9 Å². The van der Waals surface area contributed by atoms with E-state index in [1.807, 2.05) is 36.4 Å². The fourth-order valence-corrected chi connectivity index (χ4v) is 4.64. The number of aliphatic hydroxyl groups is 2. The van der Waals surface area contributed by atoms with E-state index in [4.69, 9.17) is 15.9 Å². The van der Waals surface area contributed by atoms with Crippen molar-refractivity contribution in [1.82, 2.24) is 4.90 Å². The van der Waals surface area contributed by atoms with Crippen LogP contribution in [0.5, 0.6) is 0 Å². The molecule has 1 unspecified atom stereocenters. The van der Waals surface area contributed by atoms with Gasteiger partial charge in [0.25, 0.3) is 0 Å². The fraction of sp³-hybridized carbons (Fsp3) is 0.391. The summed E-state index contributed by atoms with van der Waals surface area (Å²) in [4.78, 5) is 6.60. The Labute approximate surface area is 195 Å². The molecule has 1 heterocycles. The van der Waals surface area contributed by atoms with Crippen molar-refractivity contribution in [2.45, 2.75) is 43.9 Å². The molecule has 9 heteroatoms. The van der Waals surface area contributed by atoms with E-state index in [0.29, 0.717) is 17.2 Å². The number of guanidine groups is 1. The smallest absolute Gasteiger partial charge is 0.203 e. The Morgan fingerprint density at radius 2 is 2.06 bits per heavy atom. The van der Waals surface area contributed by atoms with E-state index in [9.17, 15) is 10.2 Å². The number of nitrogens with zero attached hydrogens (tertiary/aromatic N) is 2. The van der Waals surface area contributed by atoms with Gasteiger partial charge >= 0.3 is 0 Å². The highest BCUT2D eigenvalue weighted by Crippen LogP contribution is 2.36. The number of benzene rings is 1. The van der Waals surface area contributed by atoms with E-state index >= 15 is 0 Å². The number of nitrogens with one attached hydrogen (secondary N) is 2. The molecule has 1 aliphatic heterocycles. The van der Waals surface area contributed by atoms with Gasteiger partial charge in [-0.25, -0.2) is 4.99 Å². The van der Waals surface area contributed by atoms with E-state index < -0.39 is 0 Å². The number of fused-ring (bicyclic) bond motifs is 1. The van der Waals surface area contributed by atoms with Crippen molar-refractivity contribution in [2.24, 2.45) is 4.99 Å². The van der Waals surface area contributed by atoms with Gasteiger partial charge in [0, 0.05) is 35.8 Å². The Bertz CT molecular complexity index is 1020. The van der Waals surface area contributed by atoms with E-state index in [2.05, 4.69) is 26.2 Å². The van der Waals surface area contributed by atoms with E-state index in [0.717, 1.165) is 47.2 Å². The summed E-state index contributed by atoms with van der Waals surface area (Å²) < 4.78 is 7.34. The number of aliphatic imine (C=N–C) groups is 1. The summed E-state index contributed by atoms with van der Waals surface area (Å²) >= 11 is 3.65. The third kappa shape index (κ3) is 4.60. The molecular weight excluding hydrogens is 474 g/mol. The molecule has 0 bridgehead atoms. The molecule has 170 valence electrons. The quantitative estimate of drug-likeness (QED) is 0.311. The highest BCUT2D eigenvalue weighted by molar-refractivity contribution is 9.11. The van der Waals surface area contributed by atoms with E-state index in [-0.39, 0.29) is 30.6 Å². The number of likely N-dealkylation sites (N-methyl/N-ethyl adjacent to an activating group) is 1. The van der Waals surface area contributed by atoms with Gasteiger partial charge in [0.1, 0.15) is 11.8 Å². The number of aliphatic hydroxyl groups excluding tert-OH is 2. The molecule has 8 nitrogen and oxygen atoms in total. The van der Waals surface area contributed by atoms with Crippen LogP contribution in [-0.2, 0) is 4.74 Å². The van der Waals surface area contributed by atoms with Gasteiger partial charge in [0.05, 0.1) is 29.0 Å². The average molecular weight is 502 g/mol. The minimum atomic E-state index is -0.362. The Morgan fingerprint density at radius 3 is 2.75 bits per heavy atom. The average Bonchev–Trinajstić information content (AvgIpc) is 2.78. The molecule has 32 heavy (non-hydrogen) atoms. The van der Waals surface area contributed by atoms with Crippen molar-refractivity contribution in [3.8, 4) is 0 Å². The van der Waals surface area contributed by atoms with Crippen LogP contribution in [-0.4, -0.2) is 58.7 Å². The number of anilines is 2. The van der Waals surface area contributed by atoms with Crippen molar-refractivity contribution < 1.29 is 14.9 Å². The second-order valence-corrected chi connectivity index (χ2v) is 9.11. The summed E-state index contributed by atoms with van der Waals surface area (Å²) in [5, 5.41) is 30.1. The number of hydrogen-bond acceptors (Lipinski definition) is 8. The number of ether oxygens (including phenoxy) is 1. The highest BCUT2D eigenvalue weighted by atomic mass is 79.9. The lowest BCUT2D eigenvalue weighted by molar-refractivity contribution is 0.0222. The number of allylic oxidation sites excluding steroid dienone is 2. The van der Waals surface area contributed by atoms with Crippen LogP contribution in [0, 0.1) is 5.41 Å². The van der Waals surface area contributed by atoms with Gasteiger partial charge in [-0.2, -0.15) is 0 Å². The molecule has 0 spiro atoms. The lowest BCUT2D eigenvalue weighted by atomic mass is 9.94. The zero-order valence-corrected chi connectivity index (χ0v) is 19.5. The summed E-state index contributed by atoms with van der Waals surface area (Å²) in [5.41, 5.74) is 8.84. The first-order chi connectivity index (χ1) is 15.4. The zero-order valence-electron chi connectivity index (χ0n) is 17.9. The molecule has 4 rings (SSSR count). The lowest BCUT2D eigenvalue weighted by Gasteiger charge is -2.39. The van der Waals surface area contributed by atoms with Crippen molar-refractivity contribution in [3.05, 3.63) is 57.9 Å². The molecule has 6 N–H and O–H groups in total. The number of nitrogens with two attached hydrogens (primary N) is 1. The molecule has 0 saturated heterocycles. The molecule has 0 aromatic heterocycles. The number of nitrogen functional groups attached to an aromatic ring is 1. The van der Waals surface area contributed by atoms with Gasteiger partial charge < -0.3 is 36.3 Å². The monoisotopic (exact) mass is 501 g/mol. The maximum Gasteiger partial charge on any atom is 0.203 e. The van der Waals surface area contributed by atoms with Gasteiger partial charge in [-0.1, -0.05) is 6.08 Å². The van der Waals surface area contributed by atoms with Crippen LogP contribution in [0.3, 0.4) is 0 Å². The standard InChI is InChI=1S/C23H28BrN5O3/c1-29-21-13(2-9-18(24)22(21)32-16-6-4-15(31)5-7-16)11-27-23(29)28-14-3-8-17(19(25)10-14)20(26)12-30/h2-3,8-11,15-16,21,26,30-31H,4-7,12,25H2,1H3,(H,27,28). The molecule has 0 amide bonds. The first-order valence-corrected chi connectivity index (χ1v) is 11.4. The molecule has 1 fully saturated rings. The topological polar surface area (TPSA) is 127 Å². The second kappa shape index (κ2) is 9.48. The minimum absolute atomic E-state index is 0.0755. The van der Waals surface area contributed by atoms with Crippen molar-refractivity contribution in [1.29, 1.82) is 5.41 Å². The largest absolute Gasteiger partial charge is 0.491 e. The summed E-state index contributed by atoms with van der Waals surface area (Å²) in [6.07, 6.45) is 8.86. The number of rotatable bonds is 5. The summed E-state index contributed by atoms with van der Waals surface area (Å²) in [6, 6.07) is 5.11. The molecule has 1 atom stereocenters. The van der Waals surface area contributed by atoms with Gasteiger partial charge in [0.2, 0.25) is 5.96 Å². The van der Waals surface area contributed by atoms with Gasteiger partial charge in [-0.15, -0.1) is 0 Å². The molecule has 1 saturated carbocycles. The lowest BCUT2D eigenvalue weighted by Crippen LogP contribution is -2.46. The zero-order chi connectivity index (χ0) is 22.8. The SMILES string of the molecule is CN1C(Nc2ccc(C(=N)CO)c(N)c2)=NC=C2C=CC(Br)=C(OC3CCC(O)CC3)C21. The molecular formula is C23H28BrN5O3. The second-order valence-electron chi connectivity index (χ2n) is 8.25. The van der Waals surface area contributed by atoms with Crippen LogP contribution in [0.1, 0.15) is 31.2 Å². The third-order valence-corrected chi connectivity index (χ3v) is 6.66. The predicted octanol–water partition coefficient (Wildman–Crippen LogP) is 3.09. The number of hydrogen-bond donors (Lipinski definition) is 5. The van der Waals surface area contributed by atoms with Crippen molar-refractivity contribution in [3.63, 3.8) is 0 Å². The van der Waals surface area contributed by atoms with Crippen LogP contribution in [0.4, 0.5) is 11.4 Å². The number of halogens is 1. The molecule has 0 radical (unpaired) electrons.